The summed E-state index contributed by atoms with van der Waals surface area (Å²) < 4.78 is 12.0. The van der Waals surface area contributed by atoms with Crippen LogP contribution < -0.4 is 0 Å². The van der Waals surface area contributed by atoms with Crippen LogP contribution in [0, 0.1) is 17.3 Å². The monoisotopic (exact) mass is 508 g/mol. The van der Waals surface area contributed by atoms with Crippen molar-refractivity contribution in [2.45, 2.75) is 90.8 Å². The van der Waals surface area contributed by atoms with E-state index >= 15 is 0 Å². The molecule has 1 aliphatic heterocycles. The predicted octanol–water partition coefficient (Wildman–Crippen LogP) is 4.31. The number of hydrogen-bond donors (Lipinski definition) is 0. The highest BCUT2D eigenvalue weighted by atomic mass is 32.2. The van der Waals surface area contributed by atoms with Crippen LogP contribution in [0.1, 0.15) is 55.4 Å². The van der Waals surface area contributed by atoms with Crippen molar-refractivity contribution in [3.63, 3.8) is 0 Å². The Morgan fingerprint density at radius 1 is 1.15 bits per heavy atom. The van der Waals surface area contributed by atoms with Gasteiger partial charge >= 0.3 is 5.97 Å². The molecule has 2 heterocycles. The highest BCUT2D eigenvalue weighted by Gasteiger charge is 2.63. The minimum atomic E-state index is -1.54. The molecule has 0 N–H and O–H groups in total. The van der Waals surface area contributed by atoms with Gasteiger partial charge in [0, 0.05) is 12.1 Å². The summed E-state index contributed by atoms with van der Waals surface area (Å²) in [4.78, 5) is 45.2. The van der Waals surface area contributed by atoms with Crippen LogP contribution in [0.4, 0.5) is 0 Å². The number of nitrogens with zero attached hydrogens (tertiary/aromatic N) is 2. The standard InChI is InChI=1S/C25H40N2O5SSi/c1-16(22(30)33-17-13-11-12-14-26-17)20-19(25(8,23(2,3)4)32-34(9)10)21(29)27(20)15-18(28)31-24(5,6)7/h11-14,16,19-20,34H,15H2,1-10H3/t16-,19-,20-,25-/m1/s1. The van der Waals surface area contributed by atoms with Crippen molar-refractivity contribution >= 4 is 37.8 Å². The molecule has 1 aliphatic rings. The van der Waals surface area contributed by atoms with Crippen LogP contribution >= 0.6 is 11.8 Å². The number of pyridine rings is 1. The number of ether oxygens (including phenoxy) is 1. The highest BCUT2D eigenvalue weighted by Crippen LogP contribution is 2.50. The fraction of sp³-hybridized carbons (Fsp3) is 0.680. The SMILES string of the molecule is C[C@@H](C(=O)Sc1ccccn1)[C@@H]1[C@@H]([C@@](C)(O[SiH](C)C)C(C)(C)C)C(=O)N1CC(=O)OC(C)(C)C. The Morgan fingerprint density at radius 2 is 1.76 bits per heavy atom. The van der Waals surface area contributed by atoms with Crippen molar-refractivity contribution in [2.75, 3.05) is 6.54 Å². The topological polar surface area (TPSA) is 85.8 Å². The summed E-state index contributed by atoms with van der Waals surface area (Å²) in [5, 5.41) is 0.498. The van der Waals surface area contributed by atoms with E-state index in [2.05, 4.69) is 38.8 Å². The molecule has 7 nitrogen and oxygen atoms in total. The van der Waals surface area contributed by atoms with E-state index < -0.39 is 44.1 Å². The van der Waals surface area contributed by atoms with E-state index in [-0.39, 0.29) is 23.0 Å². The smallest absolute Gasteiger partial charge is 0.326 e. The van der Waals surface area contributed by atoms with Crippen LogP contribution in [-0.4, -0.2) is 59.7 Å². The summed E-state index contributed by atoms with van der Waals surface area (Å²) in [6, 6.07) is 4.92. The zero-order valence-corrected chi connectivity index (χ0v) is 24.1. The molecule has 0 aliphatic carbocycles. The Labute approximate surface area is 210 Å². The third kappa shape index (κ3) is 6.49. The van der Waals surface area contributed by atoms with E-state index in [1.807, 2.05) is 19.9 Å². The second-order valence-electron chi connectivity index (χ2n) is 11.4. The average Bonchev–Trinajstić information content (AvgIpc) is 2.67. The van der Waals surface area contributed by atoms with E-state index in [9.17, 15) is 14.4 Å². The quantitative estimate of drug-likeness (QED) is 0.224. The second kappa shape index (κ2) is 10.5. The van der Waals surface area contributed by atoms with Crippen LogP contribution in [0.25, 0.3) is 0 Å². The first-order valence-corrected chi connectivity index (χ1v) is 15.4. The molecule has 0 aromatic carbocycles. The zero-order valence-electron chi connectivity index (χ0n) is 22.2. The number of hydrogen-bond acceptors (Lipinski definition) is 7. The van der Waals surface area contributed by atoms with Gasteiger partial charge in [0.1, 0.15) is 17.2 Å². The fourth-order valence-electron chi connectivity index (χ4n) is 4.33. The number of β-lactam (4-membered cyclic amide) rings is 1. The third-order valence-corrected chi connectivity index (χ3v) is 8.24. The Morgan fingerprint density at radius 3 is 2.24 bits per heavy atom. The molecule has 4 atom stereocenters. The van der Waals surface area contributed by atoms with Crippen LogP contribution in [0.15, 0.2) is 29.4 Å². The minimum absolute atomic E-state index is 0.103. The van der Waals surface area contributed by atoms with Gasteiger partial charge in [-0.05, 0) is 70.1 Å². The highest BCUT2D eigenvalue weighted by molar-refractivity contribution is 8.13. The lowest BCUT2D eigenvalue weighted by Gasteiger charge is -2.59. The van der Waals surface area contributed by atoms with E-state index in [1.54, 1.807) is 39.1 Å². The lowest BCUT2D eigenvalue weighted by atomic mass is 9.61. The van der Waals surface area contributed by atoms with Crippen LogP contribution in [-0.2, 0) is 23.5 Å². The van der Waals surface area contributed by atoms with Gasteiger partial charge in [-0.1, -0.05) is 33.8 Å². The van der Waals surface area contributed by atoms with Crippen LogP contribution in [0.5, 0.6) is 0 Å². The number of rotatable bonds is 8. The maximum Gasteiger partial charge on any atom is 0.326 e. The minimum Gasteiger partial charge on any atom is -0.459 e. The Bertz CT molecular complexity index is 897. The summed E-state index contributed by atoms with van der Waals surface area (Å²) >= 11 is 1.06. The summed E-state index contributed by atoms with van der Waals surface area (Å²) in [6.07, 6.45) is 1.64. The molecule has 2 rings (SSSR count). The molecule has 1 aromatic heterocycles. The van der Waals surface area contributed by atoms with Crippen molar-refractivity contribution in [1.29, 1.82) is 0 Å². The fourth-order valence-corrected chi connectivity index (χ4v) is 6.61. The molecule has 0 spiro atoms. The number of likely N-dealkylation sites (tertiary alicyclic amines) is 1. The summed E-state index contributed by atoms with van der Waals surface area (Å²) in [5.41, 5.74) is -1.82. The molecular weight excluding hydrogens is 468 g/mol. The maximum atomic E-state index is 13.6. The Balaban J connectivity index is 2.41. The first kappa shape index (κ1) is 28.5. The number of carbonyl (C=O) groups excluding carboxylic acids is 3. The van der Waals surface area contributed by atoms with Gasteiger partial charge in [-0.25, -0.2) is 4.98 Å². The van der Waals surface area contributed by atoms with Gasteiger partial charge in [0.05, 0.1) is 17.6 Å². The van der Waals surface area contributed by atoms with Gasteiger partial charge in [0.2, 0.25) is 5.91 Å². The maximum absolute atomic E-state index is 13.6. The predicted molar refractivity (Wildman–Crippen MR) is 137 cm³/mol. The van der Waals surface area contributed by atoms with Crippen molar-refractivity contribution < 1.29 is 23.5 Å². The molecule has 1 amide bonds. The second-order valence-corrected chi connectivity index (χ2v) is 14.8. The van der Waals surface area contributed by atoms with Gasteiger partial charge in [-0.2, -0.15) is 0 Å². The molecule has 1 saturated heterocycles. The van der Waals surface area contributed by atoms with Crippen molar-refractivity contribution in [1.82, 2.24) is 9.88 Å². The number of amides is 1. The summed E-state index contributed by atoms with van der Waals surface area (Å²) in [5.74, 6) is -1.74. The number of aromatic nitrogens is 1. The number of thioether (sulfide) groups is 1. The largest absolute Gasteiger partial charge is 0.459 e. The number of esters is 1. The van der Waals surface area contributed by atoms with Crippen molar-refractivity contribution in [3.05, 3.63) is 24.4 Å². The Kier molecular flexibility index (Phi) is 8.81. The van der Waals surface area contributed by atoms with Crippen LogP contribution in [0.2, 0.25) is 13.1 Å². The lowest BCUT2D eigenvalue weighted by Crippen LogP contribution is -2.74. The summed E-state index contributed by atoms with van der Waals surface area (Å²) in [6.45, 7) is 19.3. The van der Waals surface area contributed by atoms with E-state index in [0.29, 0.717) is 5.03 Å². The lowest BCUT2D eigenvalue weighted by molar-refractivity contribution is -0.195. The van der Waals surface area contributed by atoms with Gasteiger partial charge in [-0.3, -0.25) is 14.4 Å². The van der Waals surface area contributed by atoms with Crippen LogP contribution in [0.3, 0.4) is 0 Å². The van der Waals surface area contributed by atoms with E-state index in [0.717, 1.165) is 11.8 Å². The number of carbonyl (C=O) groups is 3. The first-order valence-electron chi connectivity index (χ1n) is 11.8. The molecular formula is C25H40N2O5SSi. The molecule has 0 unspecified atom stereocenters. The molecule has 9 heteroatoms. The van der Waals surface area contributed by atoms with Gasteiger partial charge < -0.3 is 14.1 Å². The average molecular weight is 509 g/mol. The molecule has 1 aromatic rings. The third-order valence-electron chi connectivity index (χ3n) is 6.26. The van der Waals surface area contributed by atoms with Gasteiger partial charge in [0.25, 0.3) is 0 Å². The molecule has 0 bridgehead atoms. The normalized spacial score (nSPS) is 21.6. The molecule has 34 heavy (non-hydrogen) atoms. The molecule has 0 radical (unpaired) electrons. The van der Waals surface area contributed by atoms with Gasteiger partial charge in [0.15, 0.2) is 14.2 Å². The van der Waals surface area contributed by atoms with E-state index in [4.69, 9.17) is 9.16 Å². The molecule has 190 valence electrons. The van der Waals surface area contributed by atoms with E-state index in [1.165, 1.54) is 4.90 Å². The molecule has 0 saturated carbocycles. The zero-order chi connectivity index (χ0) is 26.1. The van der Waals surface area contributed by atoms with Crippen molar-refractivity contribution in [2.24, 2.45) is 17.3 Å². The van der Waals surface area contributed by atoms with Crippen molar-refractivity contribution in [3.8, 4) is 0 Å². The Hall–Kier alpha value is -1.71. The molecule has 1 fully saturated rings. The van der Waals surface area contributed by atoms with Gasteiger partial charge in [-0.15, -0.1) is 0 Å². The first-order chi connectivity index (χ1) is 15.5. The summed E-state index contributed by atoms with van der Waals surface area (Å²) in [7, 11) is -1.54.